The largest absolute Gasteiger partial charge is 0.464 e. The molecule has 0 unspecified atom stereocenters. The van der Waals surface area contributed by atoms with Gasteiger partial charge < -0.3 is 14.6 Å². The number of ether oxygens (including phenoxy) is 1. The number of hydrogen-bond donors (Lipinski definition) is 1. The van der Waals surface area contributed by atoms with Crippen molar-refractivity contribution in [2.24, 2.45) is 0 Å². The van der Waals surface area contributed by atoms with Gasteiger partial charge in [-0.1, -0.05) is 19.3 Å². The molecule has 0 aliphatic heterocycles. The van der Waals surface area contributed by atoms with Gasteiger partial charge in [0.15, 0.2) is 0 Å². The number of aryl methyl sites for hydroxylation is 1. The predicted molar refractivity (Wildman–Crippen MR) is 106 cm³/mol. The summed E-state index contributed by atoms with van der Waals surface area (Å²) < 4.78 is 7.71. The molecule has 1 aliphatic carbocycles. The van der Waals surface area contributed by atoms with Crippen LogP contribution in [0.3, 0.4) is 0 Å². The Hall–Kier alpha value is -2.41. The summed E-state index contributed by atoms with van der Waals surface area (Å²) >= 11 is 5.96. The third kappa shape index (κ3) is 3.83. The second kappa shape index (κ2) is 7.68. The van der Waals surface area contributed by atoms with Crippen molar-refractivity contribution in [1.29, 1.82) is 0 Å². The summed E-state index contributed by atoms with van der Waals surface area (Å²) in [6.07, 6.45) is 6.40. The maximum absolute atomic E-state index is 5.96. The van der Waals surface area contributed by atoms with Gasteiger partial charge in [0.1, 0.15) is 5.82 Å². The molecule has 0 bridgehead atoms. The Bertz CT molecular complexity index is 951. The van der Waals surface area contributed by atoms with E-state index in [4.69, 9.17) is 21.3 Å². The predicted octanol–water partition coefficient (Wildman–Crippen LogP) is 4.83. The average Bonchev–Trinajstić information content (AvgIpc) is 2.97. The van der Waals surface area contributed by atoms with E-state index >= 15 is 0 Å². The van der Waals surface area contributed by atoms with Gasteiger partial charge in [-0.25, -0.2) is 4.98 Å². The Morgan fingerprint density at radius 3 is 2.74 bits per heavy atom. The highest BCUT2D eigenvalue weighted by atomic mass is 35.5. The van der Waals surface area contributed by atoms with Gasteiger partial charge in [0.2, 0.25) is 11.2 Å². The van der Waals surface area contributed by atoms with Gasteiger partial charge in [-0.2, -0.15) is 15.0 Å². The number of fused-ring (bicyclic) bond motifs is 1. The second-order valence-electron chi connectivity index (χ2n) is 6.79. The van der Waals surface area contributed by atoms with Crippen LogP contribution in [-0.4, -0.2) is 31.1 Å². The van der Waals surface area contributed by atoms with E-state index in [1.165, 1.54) is 37.6 Å². The Balaban J connectivity index is 1.63. The number of aromatic nitrogens is 5. The standard InChI is InChI=1S/C19H23ClN6O/c1-3-27-19-24-17(20)23-18(25-19)22-13-9-10-16-15(11-13)21-12(2)26(16)14-7-5-4-6-8-14/h9-11,14H,3-8H2,1-2H3,(H,22,23,24,25). The molecule has 0 radical (unpaired) electrons. The third-order valence-corrected chi connectivity index (χ3v) is 5.09. The van der Waals surface area contributed by atoms with Crippen molar-refractivity contribution in [3.8, 4) is 6.01 Å². The first-order valence-electron chi connectivity index (χ1n) is 9.44. The van der Waals surface area contributed by atoms with Crippen molar-refractivity contribution < 1.29 is 4.74 Å². The molecule has 1 N–H and O–H groups in total. The molecule has 0 amide bonds. The zero-order valence-electron chi connectivity index (χ0n) is 15.6. The van der Waals surface area contributed by atoms with Gasteiger partial charge in [-0.15, -0.1) is 0 Å². The number of halogens is 1. The van der Waals surface area contributed by atoms with Gasteiger partial charge in [-0.3, -0.25) is 0 Å². The van der Waals surface area contributed by atoms with Crippen LogP contribution in [0.5, 0.6) is 6.01 Å². The Morgan fingerprint density at radius 1 is 1.15 bits per heavy atom. The van der Waals surface area contributed by atoms with Crippen LogP contribution >= 0.6 is 11.6 Å². The SMILES string of the molecule is CCOc1nc(Cl)nc(Nc2ccc3c(c2)nc(C)n3C2CCCCC2)n1. The molecule has 2 heterocycles. The van der Waals surface area contributed by atoms with E-state index in [1.807, 2.05) is 19.1 Å². The quantitative estimate of drug-likeness (QED) is 0.676. The fraction of sp³-hybridized carbons (Fsp3) is 0.474. The zero-order valence-corrected chi connectivity index (χ0v) is 16.3. The van der Waals surface area contributed by atoms with Crippen LogP contribution in [0.4, 0.5) is 11.6 Å². The van der Waals surface area contributed by atoms with E-state index in [0.717, 1.165) is 17.0 Å². The number of nitrogens with one attached hydrogen (secondary N) is 1. The maximum atomic E-state index is 5.96. The third-order valence-electron chi connectivity index (χ3n) is 4.92. The molecule has 8 heteroatoms. The van der Waals surface area contributed by atoms with Crippen LogP contribution in [0.1, 0.15) is 50.9 Å². The van der Waals surface area contributed by atoms with Crippen LogP contribution in [0.2, 0.25) is 5.28 Å². The molecule has 4 rings (SSSR count). The summed E-state index contributed by atoms with van der Waals surface area (Å²) in [7, 11) is 0. The summed E-state index contributed by atoms with van der Waals surface area (Å²) in [6, 6.07) is 6.90. The van der Waals surface area contributed by atoms with Crippen molar-refractivity contribution >= 4 is 34.3 Å². The highest BCUT2D eigenvalue weighted by Crippen LogP contribution is 2.33. The van der Waals surface area contributed by atoms with Crippen LogP contribution < -0.4 is 10.1 Å². The smallest absolute Gasteiger partial charge is 0.322 e. The van der Waals surface area contributed by atoms with Gasteiger partial charge >= 0.3 is 6.01 Å². The van der Waals surface area contributed by atoms with E-state index in [-0.39, 0.29) is 11.3 Å². The molecule has 2 aromatic heterocycles. The van der Waals surface area contributed by atoms with Crippen molar-refractivity contribution in [1.82, 2.24) is 24.5 Å². The highest BCUT2D eigenvalue weighted by Gasteiger charge is 2.20. The van der Waals surface area contributed by atoms with Crippen molar-refractivity contribution in [2.75, 3.05) is 11.9 Å². The molecular weight excluding hydrogens is 364 g/mol. The first-order chi connectivity index (χ1) is 13.1. The monoisotopic (exact) mass is 386 g/mol. The molecular formula is C19H23ClN6O. The minimum Gasteiger partial charge on any atom is -0.464 e. The van der Waals surface area contributed by atoms with Crippen LogP contribution in [0.25, 0.3) is 11.0 Å². The first-order valence-corrected chi connectivity index (χ1v) is 9.82. The zero-order chi connectivity index (χ0) is 18.8. The maximum Gasteiger partial charge on any atom is 0.322 e. The lowest BCUT2D eigenvalue weighted by atomic mass is 9.95. The molecule has 0 spiro atoms. The van der Waals surface area contributed by atoms with Crippen LogP contribution in [-0.2, 0) is 0 Å². The second-order valence-corrected chi connectivity index (χ2v) is 7.13. The number of anilines is 2. The molecule has 3 aromatic rings. The van der Waals surface area contributed by atoms with E-state index in [0.29, 0.717) is 18.6 Å². The molecule has 1 aromatic carbocycles. The Labute approximate surface area is 163 Å². The minimum atomic E-state index is 0.0921. The Morgan fingerprint density at radius 2 is 1.96 bits per heavy atom. The van der Waals surface area contributed by atoms with Gasteiger partial charge in [0.05, 0.1) is 17.6 Å². The highest BCUT2D eigenvalue weighted by molar-refractivity contribution is 6.28. The molecule has 1 aliphatic rings. The topological polar surface area (TPSA) is 77.8 Å². The van der Waals surface area contributed by atoms with E-state index in [1.54, 1.807) is 0 Å². The fourth-order valence-corrected chi connectivity index (χ4v) is 3.96. The fourth-order valence-electron chi connectivity index (χ4n) is 3.81. The minimum absolute atomic E-state index is 0.0921. The number of hydrogen-bond acceptors (Lipinski definition) is 6. The molecule has 27 heavy (non-hydrogen) atoms. The normalized spacial score (nSPS) is 15.2. The number of imidazole rings is 1. The number of nitrogens with zero attached hydrogens (tertiary/aromatic N) is 5. The van der Waals surface area contributed by atoms with Crippen molar-refractivity contribution in [3.63, 3.8) is 0 Å². The molecule has 7 nitrogen and oxygen atoms in total. The van der Waals surface area contributed by atoms with Gasteiger partial charge in [-0.05, 0) is 56.5 Å². The average molecular weight is 387 g/mol. The molecule has 0 saturated heterocycles. The van der Waals surface area contributed by atoms with E-state index in [9.17, 15) is 0 Å². The molecule has 142 valence electrons. The lowest BCUT2D eigenvalue weighted by molar-refractivity contribution is 0.312. The van der Waals surface area contributed by atoms with Gasteiger partial charge in [0.25, 0.3) is 0 Å². The summed E-state index contributed by atoms with van der Waals surface area (Å²) in [5.41, 5.74) is 2.99. The molecule has 0 atom stereocenters. The van der Waals surface area contributed by atoms with Crippen molar-refractivity contribution in [2.45, 2.75) is 52.0 Å². The van der Waals surface area contributed by atoms with Crippen molar-refractivity contribution in [3.05, 3.63) is 29.3 Å². The van der Waals surface area contributed by atoms with Crippen LogP contribution in [0, 0.1) is 6.92 Å². The summed E-state index contributed by atoms with van der Waals surface area (Å²) in [5, 5.41) is 3.26. The van der Waals surface area contributed by atoms with Crippen LogP contribution in [0.15, 0.2) is 18.2 Å². The summed E-state index contributed by atoms with van der Waals surface area (Å²) in [4.78, 5) is 17.1. The van der Waals surface area contributed by atoms with E-state index < -0.39 is 0 Å². The number of rotatable bonds is 5. The van der Waals surface area contributed by atoms with E-state index in [2.05, 4.69) is 37.8 Å². The lowest BCUT2D eigenvalue weighted by Gasteiger charge is -2.25. The number of benzene rings is 1. The molecule has 1 fully saturated rings. The first kappa shape index (κ1) is 18.0. The summed E-state index contributed by atoms with van der Waals surface area (Å²) in [5.74, 6) is 1.41. The van der Waals surface area contributed by atoms with Gasteiger partial charge in [0, 0.05) is 11.7 Å². The summed E-state index contributed by atoms with van der Waals surface area (Å²) in [6.45, 7) is 4.41. The molecule has 1 saturated carbocycles. The lowest BCUT2D eigenvalue weighted by Crippen LogP contribution is -2.13. The Kier molecular flexibility index (Phi) is 5.11.